The molecule has 2 fully saturated rings. The molecule has 5 heteroatoms. The molecule has 1 N–H and O–H groups in total. The molecule has 1 aromatic rings. The molecule has 2 amide bonds. The van der Waals surface area contributed by atoms with Gasteiger partial charge in [0.05, 0.1) is 5.56 Å². The van der Waals surface area contributed by atoms with Gasteiger partial charge < -0.3 is 10.2 Å². The Morgan fingerprint density at radius 3 is 2.72 bits per heavy atom. The first kappa shape index (κ1) is 17.9. The van der Waals surface area contributed by atoms with Crippen LogP contribution in [0.4, 0.5) is 0 Å². The van der Waals surface area contributed by atoms with E-state index in [9.17, 15) is 9.59 Å². The molecule has 25 heavy (non-hydrogen) atoms. The maximum atomic E-state index is 12.6. The van der Waals surface area contributed by atoms with E-state index in [2.05, 4.69) is 17.2 Å². The topological polar surface area (TPSA) is 62.3 Å². The summed E-state index contributed by atoms with van der Waals surface area (Å²) in [5.41, 5.74) is 0.648. The Bertz CT molecular complexity index is 584. The van der Waals surface area contributed by atoms with Crippen molar-refractivity contribution in [3.05, 3.63) is 30.1 Å². The minimum absolute atomic E-state index is 0.0559. The lowest BCUT2D eigenvalue weighted by Crippen LogP contribution is -2.45. The summed E-state index contributed by atoms with van der Waals surface area (Å²) in [5, 5.41) is 3.20. The highest BCUT2D eigenvalue weighted by Crippen LogP contribution is 2.30. The van der Waals surface area contributed by atoms with Gasteiger partial charge in [-0.15, -0.1) is 0 Å². The van der Waals surface area contributed by atoms with Gasteiger partial charge in [0.25, 0.3) is 5.91 Å². The standard InChI is InChI=1S/C20H29N3O2/c1-2-15-14-23(20(25)17-6-5-10-21-13-17)11-9-16(15)12-19(24)22-18-7-3-4-8-18/h5-6,10,13,15-16,18H,2-4,7-9,11-12,14H2,1H3,(H,22,24)/t15-,16-/m0/s1. The Labute approximate surface area is 150 Å². The van der Waals surface area contributed by atoms with Crippen molar-refractivity contribution in [3.8, 4) is 0 Å². The summed E-state index contributed by atoms with van der Waals surface area (Å²) in [6.07, 6.45) is 10.5. The van der Waals surface area contributed by atoms with Gasteiger partial charge in [0.2, 0.25) is 5.91 Å². The van der Waals surface area contributed by atoms with Crippen LogP contribution in [0.2, 0.25) is 0 Å². The van der Waals surface area contributed by atoms with Gasteiger partial charge >= 0.3 is 0 Å². The van der Waals surface area contributed by atoms with Gasteiger partial charge in [-0.1, -0.05) is 26.2 Å². The van der Waals surface area contributed by atoms with Gasteiger partial charge in [-0.25, -0.2) is 0 Å². The van der Waals surface area contributed by atoms with Gasteiger partial charge in [0.1, 0.15) is 0 Å². The zero-order valence-corrected chi connectivity index (χ0v) is 15.1. The number of carbonyl (C=O) groups is 2. The summed E-state index contributed by atoms with van der Waals surface area (Å²) in [7, 11) is 0. The van der Waals surface area contributed by atoms with Crippen molar-refractivity contribution in [1.82, 2.24) is 15.2 Å². The van der Waals surface area contributed by atoms with E-state index in [0.717, 1.165) is 38.8 Å². The molecule has 5 nitrogen and oxygen atoms in total. The predicted octanol–water partition coefficient (Wildman–Crippen LogP) is 3.02. The number of aromatic nitrogens is 1. The number of amides is 2. The molecule has 2 heterocycles. The Morgan fingerprint density at radius 1 is 1.24 bits per heavy atom. The number of piperidine rings is 1. The fourth-order valence-electron chi connectivity index (χ4n) is 4.26. The van der Waals surface area contributed by atoms with Crippen molar-refractivity contribution in [2.75, 3.05) is 13.1 Å². The van der Waals surface area contributed by atoms with Crippen molar-refractivity contribution in [3.63, 3.8) is 0 Å². The largest absolute Gasteiger partial charge is 0.353 e. The first-order valence-corrected chi connectivity index (χ1v) is 9.66. The lowest BCUT2D eigenvalue weighted by Gasteiger charge is -2.38. The average Bonchev–Trinajstić information content (AvgIpc) is 3.15. The highest BCUT2D eigenvalue weighted by atomic mass is 16.2. The molecule has 3 rings (SSSR count). The summed E-state index contributed by atoms with van der Waals surface area (Å²) in [4.78, 5) is 31.0. The smallest absolute Gasteiger partial charge is 0.255 e. The molecule has 0 radical (unpaired) electrons. The van der Waals surface area contributed by atoms with Crippen LogP contribution in [0.1, 0.15) is 62.2 Å². The van der Waals surface area contributed by atoms with Gasteiger partial charge in [0, 0.05) is 37.9 Å². The van der Waals surface area contributed by atoms with Crippen molar-refractivity contribution in [1.29, 1.82) is 0 Å². The molecule has 0 bridgehead atoms. The molecule has 1 saturated heterocycles. The van der Waals surface area contributed by atoms with Gasteiger partial charge in [-0.2, -0.15) is 0 Å². The summed E-state index contributed by atoms with van der Waals surface area (Å²) < 4.78 is 0. The minimum Gasteiger partial charge on any atom is -0.353 e. The van der Waals surface area contributed by atoms with Crippen LogP contribution in [0.25, 0.3) is 0 Å². The van der Waals surface area contributed by atoms with Gasteiger partial charge in [-0.05, 0) is 43.2 Å². The van der Waals surface area contributed by atoms with Crippen LogP contribution in [-0.2, 0) is 4.79 Å². The fourth-order valence-corrected chi connectivity index (χ4v) is 4.26. The highest BCUT2D eigenvalue weighted by molar-refractivity contribution is 5.94. The Hall–Kier alpha value is -1.91. The monoisotopic (exact) mass is 343 g/mol. The van der Waals surface area contributed by atoms with Crippen molar-refractivity contribution < 1.29 is 9.59 Å². The lowest BCUT2D eigenvalue weighted by molar-refractivity contribution is -0.123. The van der Waals surface area contributed by atoms with E-state index in [1.54, 1.807) is 18.5 Å². The van der Waals surface area contributed by atoms with Crippen LogP contribution >= 0.6 is 0 Å². The van der Waals surface area contributed by atoms with Crippen LogP contribution in [0, 0.1) is 11.8 Å². The summed E-state index contributed by atoms with van der Waals surface area (Å²) >= 11 is 0. The number of hydrogen-bond donors (Lipinski definition) is 1. The second-order valence-corrected chi connectivity index (χ2v) is 7.46. The molecular weight excluding hydrogens is 314 g/mol. The molecule has 1 aliphatic heterocycles. The molecular formula is C20H29N3O2. The Balaban J connectivity index is 1.54. The van der Waals surface area contributed by atoms with Crippen LogP contribution in [0.5, 0.6) is 0 Å². The molecule has 2 atom stereocenters. The Morgan fingerprint density at radius 2 is 2.04 bits per heavy atom. The average molecular weight is 343 g/mol. The third kappa shape index (κ3) is 4.59. The number of hydrogen-bond acceptors (Lipinski definition) is 3. The minimum atomic E-state index is 0.0559. The van der Waals surface area contributed by atoms with Gasteiger partial charge in [0.15, 0.2) is 0 Å². The third-order valence-corrected chi connectivity index (χ3v) is 5.78. The van der Waals surface area contributed by atoms with Crippen LogP contribution in [0.15, 0.2) is 24.5 Å². The third-order valence-electron chi connectivity index (χ3n) is 5.78. The maximum Gasteiger partial charge on any atom is 0.255 e. The number of likely N-dealkylation sites (tertiary alicyclic amines) is 1. The molecule has 0 unspecified atom stereocenters. The molecule has 136 valence electrons. The lowest BCUT2D eigenvalue weighted by atomic mass is 9.81. The van der Waals surface area contributed by atoms with E-state index in [1.807, 2.05) is 11.0 Å². The molecule has 0 aromatic carbocycles. The predicted molar refractivity (Wildman–Crippen MR) is 97.0 cm³/mol. The summed E-state index contributed by atoms with van der Waals surface area (Å²) in [6.45, 7) is 3.63. The van der Waals surface area contributed by atoms with Crippen molar-refractivity contribution in [2.45, 2.75) is 57.9 Å². The van der Waals surface area contributed by atoms with E-state index in [1.165, 1.54) is 12.8 Å². The number of nitrogens with one attached hydrogen (secondary N) is 1. The summed E-state index contributed by atoms with van der Waals surface area (Å²) in [5.74, 6) is 1.02. The molecule has 2 aliphatic rings. The molecule has 1 aromatic heterocycles. The first-order chi connectivity index (χ1) is 12.2. The fraction of sp³-hybridized carbons (Fsp3) is 0.650. The zero-order valence-electron chi connectivity index (χ0n) is 15.1. The van der Waals surface area contributed by atoms with Crippen LogP contribution < -0.4 is 5.32 Å². The summed E-state index contributed by atoms with van der Waals surface area (Å²) in [6, 6.07) is 4.00. The highest BCUT2D eigenvalue weighted by Gasteiger charge is 2.32. The second-order valence-electron chi connectivity index (χ2n) is 7.46. The van der Waals surface area contributed by atoms with E-state index < -0.39 is 0 Å². The van der Waals surface area contributed by atoms with E-state index in [0.29, 0.717) is 29.9 Å². The van der Waals surface area contributed by atoms with E-state index in [4.69, 9.17) is 0 Å². The van der Waals surface area contributed by atoms with Crippen LogP contribution in [-0.4, -0.2) is 40.8 Å². The van der Waals surface area contributed by atoms with Crippen molar-refractivity contribution in [2.24, 2.45) is 11.8 Å². The van der Waals surface area contributed by atoms with E-state index in [-0.39, 0.29) is 11.8 Å². The zero-order chi connectivity index (χ0) is 17.6. The number of pyridine rings is 1. The SMILES string of the molecule is CC[C@H]1CN(C(=O)c2cccnc2)CC[C@H]1CC(=O)NC1CCCC1. The quantitative estimate of drug-likeness (QED) is 0.894. The molecule has 1 aliphatic carbocycles. The molecule has 1 saturated carbocycles. The number of carbonyl (C=O) groups excluding carboxylic acids is 2. The van der Waals surface area contributed by atoms with Gasteiger partial charge in [-0.3, -0.25) is 14.6 Å². The number of nitrogens with zero attached hydrogens (tertiary/aromatic N) is 2. The Kier molecular flexibility index (Phi) is 6.05. The maximum absolute atomic E-state index is 12.6. The van der Waals surface area contributed by atoms with E-state index >= 15 is 0 Å². The van der Waals surface area contributed by atoms with Crippen LogP contribution in [0.3, 0.4) is 0 Å². The molecule has 0 spiro atoms. The van der Waals surface area contributed by atoms with Crippen molar-refractivity contribution >= 4 is 11.8 Å². The second kappa shape index (κ2) is 8.45. The first-order valence-electron chi connectivity index (χ1n) is 9.66. The normalized spacial score (nSPS) is 24.3. The number of rotatable bonds is 5.